The lowest BCUT2D eigenvalue weighted by molar-refractivity contribution is -0.128. The van der Waals surface area contributed by atoms with Crippen molar-refractivity contribution in [2.24, 2.45) is 11.8 Å². The number of ether oxygens (including phenoxy) is 1. The first-order valence-electron chi connectivity index (χ1n) is 9.49. The van der Waals surface area contributed by atoms with Crippen LogP contribution in [0.2, 0.25) is 5.02 Å². The molecule has 0 radical (unpaired) electrons. The number of benzene rings is 1. The third-order valence-corrected chi connectivity index (χ3v) is 5.84. The van der Waals surface area contributed by atoms with E-state index in [1.54, 1.807) is 6.07 Å². The molecule has 1 saturated carbocycles. The van der Waals surface area contributed by atoms with Crippen molar-refractivity contribution < 1.29 is 14.3 Å². The third-order valence-electron chi connectivity index (χ3n) is 5.44. The Morgan fingerprint density at radius 3 is 2.42 bits per heavy atom. The van der Waals surface area contributed by atoms with Crippen LogP contribution in [-0.4, -0.2) is 31.1 Å². The molecule has 1 heterocycles. The van der Waals surface area contributed by atoms with Crippen LogP contribution in [-0.2, 0) is 14.3 Å². The van der Waals surface area contributed by atoms with Gasteiger partial charge in [0.25, 0.3) is 0 Å². The summed E-state index contributed by atoms with van der Waals surface area (Å²) in [4.78, 5) is 24.8. The Balaban J connectivity index is 1.42. The Bertz CT molecular complexity index is 650. The average Bonchev–Trinajstić information content (AvgIpc) is 3.16. The van der Waals surface area contributed by atoms with Gasteiger partial charge in [-0.2, -0.15) is 0 Å². The van der Waals surface area contributed by atoms with Gasteiger partial charge in [0.05, 0.1) is 6.10 Å². The van der Waals surface area contributed by atoms with Crippen LogP contribution in [0.15, 0.2) is 18.2 Å². The zero-order valence-electron chi connectivity index (χ0n) is 15.2. The number of carbonyl (C=O) groups is 2. The second kappa shape index (κ2) is 8.87. The van der Waals surface area contributed by atoms with E-state index in [9.17, 15) is 9.59 Å². The van der Waals surface area contributed by atoms with Crippen LogP contribution in [0.4, 0.5) is 5.69 Å². The topological polar surface area (TPSA) is 67.4 Å². The largest absolute Gasteiger partial charge is 0.376 e. The van der Waals surface area contributed by atoms with E-state index >= 15 is 0 Å². The van der Waals surface area contributed by atoms with Crippen LogP contribution in [0.25, 0.3) is 0 Å². The van der Waals surface area contributed by atoms with Gasteiger partial charge in [-0.25, -0.2) is 0 Å². The summed E-state index contributed by atoms with van der Waals surface area (Å²) in [5, 5.41) is 6.60. The van der Waals surface area contributed by atoms with E-state index in [0.717, 1.165) is 56.4 Å². The first-order valence-corrected chi connectivity index (χ1v) is 9.87. The highest BCUT2D eigenvalue weighted by Crippen LogP contribution is 2.30. The molecule has 0 spiro atoms. The summed E-state index contributed by atoms with van der Waals surface area (Å²) in [7, 11) is 0. The summed E-state index contributed by atoms with van der Waals surface area (Å²) in [6.45, 7) is 3.33. The number of amides is 2. The lowest BCUT2D eigenvalue weighted by Crippen LogP contribution is -2.38. The molecule has 2 amide bonds. The molecule has 5 nitrogen and oxygen atoms in total. The van der Waals surface area contributed by atoms with Gasteiger partial charge in [-0.1, -0.05) is 17.7 Å². The molecule has 142 valence electrons. The van der Waals surface area contributed by atoms with Crippen LogP contribution >= 0.6 is 11.6 Å². The molecule has 1 aliphatic carbocycles. The van der Waals surface area contributed by atoms with E-state index in [1.807, 2.05) is 19.1 Å². The van der Waals surface area contributed by atoms with Gasteiger partial charge in [0.1, 0.15) is 0 Å². The molecule has 1 aromatic carbocycles. The lowest BCUT2D eigenvalue weighted by Gasteiger charge is -2.27. The number of anilines is 1. The molecule has 26 heavy (non-hydrogen) atoms. The number of aryl methyl sites for hydroxylation is 1. The second-order valence-corrected chi connectivity index (χ2v) is 7.79. The fraction of sp³-hybridized carbons (Fsp3) is 0.600. The van der Waals surface area contributed by atoms with Crippen molar-refractivity contribution >= 4 is 29.1 Å². The Morgan fingerprint density at radius 2 is 1.81 bits per heavy atom. The fourth-order valence-corrected chi connectivity index (χ4v) is 3.88. The van der Waals surface area contributed by atoms with Crippen LogP contribution in [0.5, 0.6) is 0 Å². The van der Waals surface area contributed by atoms with E-state index in [2.05, 4.69) is 10.6 Å². The van der Waals surface area contributed by atoms with E-state index in [-0.39, 0.29) is 29.8 Å². The summed E-state index contributed by atoms with van der Waals surface area (Å²) >= 11 is 6.11. The normalized spacial score (nSPS) is 25.7. The van der Waals surface area contributed by atoms with Gasteiger partial charge >= 0.3 is 0 Å². The van der Waals surface area contributed by atoms with Crippen molar-refractivity contribution in [1.29, 1.82) is 0 Å². The Hall–Kier alpha value is -1.59. The van der Waals surface area contributed by atoms with Crippen molar-refractivity contribution in [2.45, 2.75) is 51.6 Å². The number of hydrogen-bond donors (Lipinski definition) is 2. The molecule has 2 aliphatic rings. The van der Waals surface area contributed by atoms with Crippen LogP contribution in [0.3, 0.4) is 0 Å². The monoisotopic (exact) mass is 378 g/mol. The van der Waals surface area contributed by atoms with Crippen molar-refractivity contribution in [3.05, 3.63) is 28.8 Å². The predicted molar refractivity (Wildman–Crippen MR) is 102 cm³/mol. The minimum atomic E-state index is -0.0442. The van der Waals surface area contributed by atoms with E-state index in [4.69, 9.17) is 16.3 Å². The zero-order valence-corrected chi connectivity index (χ0v) is 16.0. The standard InChI is InChI=1S/C20H27ClN2O3/c1-13-4-9-16(11-18(13)21)23-20(25)15-7-5-14(6-8-15)19(24)22-12-17-3-2-10-26-17/h4,9,11,14-15,17H,2-3,5-8,10,12H2,1H3,(H,22,24)(H,23,25). The van der Waals surface area contributed by atoms with Crippen molar-refractivity contribution in [3.8, 4) is 0 Å². The van der Waals surface area contributed by atoms with Crippen LogP contribution in [0, 0.1) is 18.8 Å². The van der Waals surface area contributed by atoms with Gasteiger partial charge in [0.2, 0.25) is 11.8 Å². The van der Waals surface area contributed by atoms with Crippen molar-refractivity contribution in [3.63, 3.8) is 0 Å². The molecule has 1 aliphatic heterocycles. The lowest BCUT2D eigenvalue weighted by atomic mass is 9.81. The number of rotatable bonds is 5. The smallest absolute Gasteiger partial charge is 0.227 e. The number of hydrogen-bond acceptors (Lipinski definition) is 3. The molecular formula is C20H27ClN2O3. The maximum absolute atomic E-state index is 12.5. The van der Waals surface area contributed by atoms with Gasteiger partial charge in [-0.3, -0.25) is 9.59 Å². The summed E-state index contributed by atoms with van der Waals surface area (Å²) in [5.41, 5.74) is 1.71. The maximum atomic E-state index is 12.5. The molecule has 2 N–H and O–H groups in total. The highest BCUT2D eigenvalue weighted by Gasteiger charge is 2.30. The average molecular weight is 379 g/mol. The number of halogens is 1. The van der Waals surface area contributed by atoms with Gasteiger partial charge < -0.3 is 15.4 Å². The molecule has 6 heteroatoms. The molecule has 0 aromatic heterocycles. The molecule has 0 bridgehead atoms. The molecule has 1 atom stereocenters. The van der Waals surface area contributed by atoms with Crippen LogP contribution in [0.1, 0.15) is 44.1 Å². The molecule has 1 unspecified atom stereocenters. The van der Waals surface area contributed by atoms with Gasteiger partial charge in [0.15, 0.2) is 0 Å². The Morgan fingerprint density at radius 1 is 1.12 bits per heavy atom. The molecule has 3 rings (SSSR count). The molecular weight excluding hydrogens is 352 g/mol. The zero-order chi connectivity index (χ0) is 18.5. The fourth-order valence-electron chi connectivity index (χ4n) is 3.70. The summed E-state index contributed by atoms with van der Waals surface area (Å²) < 4.78 is 5.53. The van der Waals surface area contributed by atoms with E-state index in [1.165, 1.54) is 0 Å². The predicted octanol–water partition coefficient (Wildman–Crippen LogP) is 3.69. The maximum Gasteiger partial charge on any atom is 0.227 e. The quantitative estimate of drug-likeness (QED) is 0.821. The molecule has 2 fully saturated rings. The Kier molecular flexibility index (Phi) is 6.54. The number of nitrogens with one attached hydrogen (secondary N) is 2. The van der Waals surface area contributed by atoms with Crippen LogP contribution < -0.4 is 10.6 Å². The van der Waals surface area contributed by atoms with E-state index < -0.39 is 0 Å². The highest BCUT2D eigenvalue weighted by molar-refractivity contribution is 6.31. The minimum absolute atomic E-state index is 0.00859. The van der Waals surface area contributed by atoms with Crippen molar-refractivity contribution in [1.82, 2.24) is 5.32 Å². The van der Waals surface area contributed by atoms with E-state index in [0.29, 0.717) is 11.6 Å². The SMILES string of the molecule is Cc1ccc(NC(=O)C2CCC(C(=O)NCC3CCCO3)CC2)cc1Cl. The molecule has 1 aromatic rings. The Labute approximate surface area is 159 Å². The van der Waals surface area contributed by atoms with Gasteiger partial charge in [-0.05, 0) is 63.1 Å². The second-order valence-electron chi connectivity index (χ2n) is 7.38. The first-order chi connectivity index (χ1) is 12.5. The van der Waals surface area contributed by atoms with Gasteiger partial charge in [-0.15, -0.1) is 0 Å². The highest BCUT2D eigenvalue weighted by atomic mass is 35.5. The molecule has 1 saturated heterocycles. The van der Waals surface area contributed by atoms with Crippen molar-refractivity contribution in [2.75, 3.05) is 18.5 Å². The summed E-state index contributed by atoms with van der Waals surface area (Å²) in [6, 6.07) is 5.54. The summed E-state index contributed by atoms with van der Waals surface area (Å²) in [5.74, 6) is 0.0828. The number of carbonyl (C=O) groups excluding carboxylic acids is 2. The minimum Gasteiger partial charge on any atom is -0.376 e. The first kappa shape index (κ1) is 19.2. The summed E-state index contributed by atoms with van der Waals surface area (Å²) in [6.07, 6.45) is 5.26. The third kappa shape index (κ3) is 4.98. The van der Waals surface area contributed by atoms with Gasteiger partial charge in [0, 0.05) is 35.7 Å².